The summed E-state index contributed by atoms with van der Waals surface area (Å²) in [7, 11) is 1.96. The van der Waals surface area contributed by atoms with Gasteiger partial charge in [-0.1, -0.05) is 43.4 Å². The fourth-order valence-electron chi connectivity index (χ4n) is 4.34. The van der Waals surface area contributed by atoms with Gasteiger partial charge in [0.25, 0.3) is 0 Å². The highest BCUT2D eigenvalue weighted by Gasteiger charge is 2.20. The third kappa shape index (κ3) is 4.93. The Morgan fingerprint density at radius 1 is 1.03 bits per heavy atom. The molecule has 0 amide bonds. The van der Waals surface area contributed by atoms with Crippen molar-refractivity contribution >= 4 is 22.2 Å². The molecule has 7 heteroatoms. The summed E-state index contributed by atoms with van der Waals surface area (Å²) in [5.41, 5.74) is 7.55. The van der Waals surface area contributed by atoms with Crippen molar-refractivity contribution in [3.63, 3.8) is 0 Å². The van der Waals surface area contributed by atoms with E-state index in [0.717, 1.165) is 53.9 Å². The Balaban J connectivity index is 1.24. The number of nitrogens with one attached hydrogen (secondary N) is 1. The monoisotopic (exact) mass is 458 g/mol. The predicted octanol–water partition coefficient (Wildman–Crippen LogP) is 5.12. The Kier molecular flexibility index (Phi) is 6.13. The molecule has 6 nitrogen and oxygen atoms in total. The molecule has 5 rings (SSSR count). The number of nitrogens with zero attached hydrogens (tertiary/aromatic N) is 5. The van der Waals surface area contributed by atoms with E-state index in [1.54, 1.807) is 11.3 Å². The average Bonchev–Trinajstić information content (AvgIpc) is 3.48. The van der Waals surface area contributed by atoms with Crippen LogP contribution in [0.25, 0.3) is 5.69 Å². The number of anilines is 2. The second-order valence-electron chi connectivity index (χ2n) is 9.12. The van der Waals surface area contributed by atoms with Crippen LogP contribution in [0.2, 0.25) is 0 Å². The molecule has 0 spiro atoms. The smallest absolute Gasteiger partial charge is 0.208 e. The Morgan fingerprint density at radius 2 is 1.88 bits per heavy atom. The first-order chi connectivity index (χ1) is 16.1. The lowest BCUT2D eigenvalue weighted by molar-refractivity contribution is 0.647. The van der Waals surface area contributed by atoms with Gasteiger partial charge in [-0.2, -0.15) is 5.10 Å². The third-order valence-corrected chi connectivity index (χ3v) is 7.05. The standard InChI is InChI=1S/C26H30N6S/c1-18(2)12-20-15-28-32(16-20)24-8-4-19(5-9-24)13-25-29-30-26(33-25)31-11-10-21-6-7-23(27-3)14-22(21)17-31/h4-9,14-16,18,27H,10-13,17H2,1-3H3. The van der Waals surface area contributed by atoms with Gasteiger partial charge in [0.15, 0.2) is 0 Å². The fourth-order valence-corrected chi connectivity index (χ4v) is 5.24. The van der Waals surface area contributed by atoms with Crippen LogP contribution in [0.4, 0.5) is 10.8 Å². The SMILES string of the molecule is CNc1ccc2c(c1)CN(c1nnc(Cc3ccc(-n4cc(CC(C)C)cn4)cc3)s1)CC2. The molecule has 3 heterocycles. The quantitative estimate of drug-likeness (QED) is 0.417. The van der Waals surface area contributed by atoms with Gasteiger partial charge in [0, 0.05) is 38.4 Å². The zero-order valence-corrected chi connectivity index (χ0v) is 20.3. The Labute approximate surface area is 199 Å². The first kappa shape index (κ1) is 21.6. The highest BCUT2D eigenvalue weighted by atomic mass is 32.1. The van der Waals surface area contributed by atoms with Crippen molar-refractivity contribution in [1.29, 1.82) is 0 Å². The predicted molar refractivity (Wildman–Crippen MR) is 136 cm³/mol. The minimum Gasteiger partial charge on any atom is -0.388 e. The lowest BCUT2D eigenvalue weighted by Crippen LogP contribution is -2.30. The van der Waals surface area contributed by atoms with Gasteiger partial charge in [0.1, 0.15) is 5.01 Å². The maximum absolute atomic E-state index is 4.52. The first-order valence-corrected chi connectivity index (χ1v) is 12.4. The molecule has 33 heavy (non-hydrogen) atoms. The van der Waals surface area contributed by atoms with Crippen LogP contribution in [-0.4, -0.2) is 33.6 Å². The number of aromatic nitrogens is 4. The van der Waals surface area contributed by atoms with Gasteiger partial charge in [-0.25, -0.2) is 4.68 Å². The maximum Gasteiger partial charge on any atom is 0.208 e. The van der Waals surface area contributed by atoms with Crippen LogP contribution in [0.3, 0.4) is 0 Å². The molecule has 0 atom stereocenters. The molecule has 1 N–H and O–H groups in total. The molecule has 1 aliphatic rings. The van der Waals surface area contributed by atoms with Crippen molar-refractivity contribution in [1.82, 2.24) is 20.0 Å². The summed E-state index contributed by atoms with van der Waals surface area (Å²) in [5, 5.41) is 18.8. The zero-order chi connectivity index (χ0) is 22.8. The van der Waals surface area contributed by atoms with E-state index in [2.05, 4.69) is 88.0 Å². The first-order valence-electron chi connectivity index (χ1n) is 11.6. The van der Waals surface area contributed by atoms with Crippen LogP contribution in [-0.2, 0) is 25.8 Å². The van der Waals surface area contributed by atoms with Crippen LogP contribution < -0.4 is 10.2 Å². The van der Waals surface area contributed by atoms with Crippen molar-refractivity contribution in [3.05, 3.63) is 82.1 Å². The molecule has 2 aromatic carbocycles. The molecule has 170 valence electrons. The molecule has 0 aliphatic carbocycles. The van der Waals surface area contributed by atoms with Gasteiger partial charge in [-0.3, -0.25) is 0 Å². The van der Waals surface area contributed by atoms with Crippen molar-refractivity contribution < 1.29 is 0 Å². The van der Waals surface area contributed by atoms with Crippen molar-refractivity contribution in [3.8, 4) is 5.69 Å². The molecule has 1 aliphatic heterocycles. The maximum atomic E-state index is 4.52. The van der Waals surface area contributed by atoms with Gasteiger partial charge in [0.05, 0.1) is 11.9 Å². The van der Waals surface area contributed by atoms with E-state index in [0.29, 0.717) is 5.92 Å². The van der Waals surface area contributed by atoms with Crippen molar-refractivity contribution in [2.75, 3.05) is 23.8 Å². The minimum atomic E-state index is 0.632. The number of rotatable bonds is 7. The Bertz CT molecular complexity index is 1220. The summed E-state index contributed by atoms with van der Waals surface area (Å²) in [5.74, 6) is 0.632. The molecule has 0 bridgehead atoms. The van der Waals surface area contributed by atoms with E-state index in [-0.39, 0.29) is 0 Å². The van der Waals surface area contributed by atoms with E-state index in [1.165, 1.54) is 22.3 Å². The summed E-state index contributed by atoms with van der Waals surface area (Å²) < 4.78 is 1.96. The van der Waals surface area contributed by atoms with Gasteiger partial charge in [-0.05, 0) is 65.3 Å². The van der Waals surface area contributed by atoms with Crippen molar-refractivity contribution in [2.24, 2.45) is 5.92 Å². The summed E-state index contributed by atoms with van der Waals surface area (Å²) in [6, 6.07) is 15.2. The molecule has 4 aromatic rings. The topological polar surface area (TPSA) is 58.9 Å². The fraction of sp³-hybridized carbons (Fsp3) is 0.346. The van der Waals surface area contributed by atoms with Gasteiger partial charge < -0.3 is 10.2 Å². The lowest BCUT2D eigenvalue weighted by Gasteiger charge is -2.28. The van der Waals surface area contributed by atoms with Gasteiger partial charge in [0.2, 0.25) is 5.13 Å². The summed E-state index contributed by atoms with van der Waals surface area (Å²) in [6.07, 6.45) is 6.99. The van der Waals surface area contributed by atoms with E-state index >= 15 is 0 Å². The molecule has 0 saturated carbocycles. The second-order valence-corrected chi connectivity index (χ2v) is 10.2. The highest BCUT2D eigenvalue weighted by molar-refractivity contribution is 7.15. The van der Waals surface area contributed by atoms with Crippen LogP contribution in [0.1, 0.15) is 41.1 Å². The van der Waals surface area contributed by atoms with Crippen LogP contribution >= 0.6 is 11.3 Å². The van der Waals surface area contributed by atoms with E-state index < -0.39 is 0 Å². The average molecular weight is 459 g/mol. The van der Waals surface area contributed by atoms with Crippen molar-refractivity contribution in [2.45, 2.75) is 39.7 Å². The number of benzene rings is 2. The number of hydrogen-bond acceptors (Lipinski definition) is 6. The summed E-state index contributed by atoms with van der Waals surface area (Å²) >= 11 is 1.70. The molecule has 0 unspecified atom stereocenters. The zero-order valence-electron chi connectivity index (χ0n) is 19.5. The van der Waals surface area contributed by atoms with Crippen LogP contribution in [0.5, 0.6) is 0 Å². The third-order valence-electron chi connectivity index (χ3n) is 6.07. The Morgan fingerprint density at radius 3 is 2.67 bits per heavy atom. The molecule has 2 aromatic heterocycles. The normalized spacial score (nSPS) is 13.4. The summed E-state index contributed by atoms with van der Waals surface area (Å²) in [4.78, 5) is 2.35. The molecule has 0 fully saturated rings. The van der Waals surface area contributed by atoms with E-state index in [1.807, 2.05) is 17.9 Å². The molecule has 0 radical (unpaired) electrons. The van der Waals surface area contributed by atoms with Crippen LogP contribution in [0.15, 0.2) is 54.9 Å². The van der Waals surface area contributed by atoms with Gasteiger partial charge >= 0.3 is 0 Å². The minimum absolute atomic E-state index is 0.632. The largest absolute Gasteiger partial charge is 0.388 e. The highest BCUT2D eigenvalue weighted by Crippen LogP contribution is 2.29. The molecular weight excluding hydrogens is 428 g/mol. The Hall–Kier alpha value is -3.19. The second kappa shape index (κ2) is 9.35. The summed E-state index contributed by atoms with van der Waals surface area (Å²) in [6.45, 7) is 6.33. The molecular formula is C26H30N6S. The number of fused-ring (bicyclic) bond motifs is 1. The van der Waals surface area contributed by atoms with Gasteiger partial charge in [-0.15, -0.1) is 10.2 Å². The lowest BCUT2D eigenvalue weighted by atomic mass is 9.99. The van der Waals surface area contributed by atoms with E-state index in [4.69, 9.17) is 0 Å². The number of hydrogen-bond donors (Lipinski definition) is 1. The molecule has 0 saturated heterocycles. The van der Waals surface area contributed by atoms with Crippen LogP contribution in [0, 0.1) is 5.92 Å². The van der Waals surface area contributed by atoms with E-state index in [9.17, 15) is 0 Å².